The predicted molar refractivity (Wildman–Crippen MR) is 54.9 cm³/mol. The maximum Gasteiger partial charge on any atom is -0.0443 e. The van der Waals surface area contributed by atoms with E-state index in [2.05, 4.69) is 33.9 Å². The topological polar surface area (TPSA) is 0 Å². The Balaban J connectivity index is 0. The second-order valence-electron chi connectivity index (χ2n) is 3.10. The Morgan fingerprint density at radius 2 is 1.36 bits per heavy atom. The highest BCUT2D eigenvalue weighted by Gasteiger charge is 2.07. The number of hydrogen-bond acceptors (Lipinski definition) is 0. The highest BCUT2D eigenvalue weighted by molar-refractivity contribution is 4.60. The molecule has 1 rings (SSSR count). The van der Waals surface area contributed by atoms with E-state index in [1.54, 1.807) is 0 Å². The summed E-state index contributed by atoms with van der Waals surface area (Å²) in [4.78, 5) is 0. The lowest BCUT2D eigenvalue weighted by Crippen LogP contribution is -1.78. The zero-order valence-corrected chi connectivity index (χ0v) is 8.53. The van der Waals surface area contributed by atoms with Crippen LogP contribution in [0.2, 0.25) is 0 Å². The van der Waals surface area contributed by atoms with Crippen molar-refractivity contribution in [2.24, 2.45) is 5.92 Å². The van der Waals surface area contributed by atoms with Crippen molar-refractivity contribution in [3.05, 3.63) is 13.2 Å². The van der Waals surface area contributed by atoms with Crippen LogP contribution in [0.5, 0.6) is 0 Å². The van der Waals surface area contributed by atoms with Crippen molar-refractivity contribution in [3.63, 3.8) is 0 Å². The molecule has 1 saturated carbocycles. The molecule has 0 saturated heterocycles. The molecule has 0 nitrogen and oxygen atoms in total. The minimum Gasteiger partial charge on any atom is -0.106 e. The van der Waals surface area contributed by atoms with Crippen LogP contribution < -0.4 is 0 Å². The zero-order chi connectivity index (χ0) is 9.11. The molecular formula is C11H24. The van der Waals surface area contributed by atoms with Gasteiger partial charge < -0.3 is 0 Å². The minimum atomic E-state index is 1.05. The third kappa shape index (κ3) is 12.8. The molecular weight excluding hydrogens is 132 g/mol. The first kappa shape index (κ1) is 13.3. The average Bonchev–Trinajstić information content (AvgIpc) is 2.46. The van der Waals surface area contributed by atoms with Gasteiger partial charge in [-0.3, -0.25) is 0 Å². The van der Waals surface area contributed by atoms with E-state index in [1.807, 2.05) is 0 Å². The first-order valence-electron chi connectivity index (χ1n) is 4.81. The van der Waals surface area contributed by atoms with Crippen LogP contribution in [0.4, 0.5) is 0 Å². The van der Waals surface area contributed by atoms with E-state index in [0.717, 1.165) is 5.92 Å². The molecule has 0 radical (unpaired) electrons. The van der Waals surface area contributed by atoms with Crippen LogP contribution in [0.25, 0.3) is 0 Å². The van der Waals surface area contributed by atoms with E-state index >= 15 is 0 Å². The summed E-state index contributed by atoms with van der Waals surface area (Å²) >= 11 is 0. The molecule has 0 atom stereocenters. The van der Waals surface area contributed by atoms with E-state index in [4.69, 9.17) is 0 Å². The van der Waals surface area contributed by atoms with Crippen molar-refractivity contribution in [2.75, 3.05) is 0 Å². The van der Waals surface area contributed by atoms with Gasteiger partial charge in [0, 0.05) is 0 Å². The molecule has 11 heavy (non-hydrogen) atoms. The molecule has 1 fully saturated rings. The van der Waals surface area contributed by atoms with E-state index in [0.29, 0.717) is 0 Å². The lowest BCUT2D eigenvalue weighted by molar-refractivity contribution is 0.612. The fourth-order valence-corrected chi connectivity index (χ4v) is 1.13. The van der Waals surface area contributed by atoms with Crippen molar-refractivity contribution in [2.45, 2.75) is 52.9 Å². The first-order chi connectivity index (χ1) is 5.31. The van der Waals surface area contributed by atoms with Crippen LogP contribution in [0.3, 0.4) is 0 Å². The lowest BCUT2D eigenvalue weighted by Gasteiger charge is -1.91. The lowest BCUT2D eigenvalue weighted by atomic mass is 10.2. The molecule has 0 spiro atoms. The Morgan fingerprint density at radius 3 is 1.45 bits per heavy atom. The molecule has 0 bridgehead atoms. The fourth-order valence-electron chi connectivity index (χ4n) is 1.13. The van der Waals surface area contributed by atoms with Gasteiger partial charge in [-0.2, -0.15) is 0 Å². The Kier molecular flexibility index (Phi) is 15.1. The summed E-state index contributed by atoms with van der Waals surface area (Å²) in [5.41, 5.74) is 0. The summed E-state index contributed by atoms with van der Waals surface area (Å²) < 4.78 is 0. The van der Waals surface area contributed by atoms with Gasteiger partial charge in [-0.25, -0.2) is 0 Å². The first-order valence-corrected chi connectivity index (χ1v) is 4.81. The highest BCUT2D eigenvalue weighted by atomic mass is 14.1. The van der Waals surface area contributed by atoms with Crippen molar-refractivity contribution in [3.8, 4) is 0 Å². The summed E-state index contributed by atoms with van der Waals surface area (Å²) in [7, 11) is 0. The standard InChI is InChI=1S/C6H12.C3H8.C2H4/c1-6-4-2-3-5-6;1-3-2;1-2/h6H,2-5H2,1H3;3H2,1-2H3;1-2H2. The van der Waals surface area contributed by atoms with E-state index in [1.165, 1.54) is 32.1 Å². The molecule has 0 N–H and O–H groups in total. The Hall–Kier alpha value is -0.260. The van der Waals surface area contributed by atoms with Crippen molar-refractivity contribution < 1.29 is 0 Å². The smallest absolute Gasteiger partial charge is 0.0443 e. The minimum absolute atomic E-state index is 1.05. The van der Waals surface area contributed by atoms with Crippen molar-refractivity contribution in [1.29, 1.82) is 0 Å². The highest BCUT2D eigenvalue weighted by Crippen LogP contribution is 2.22. The molecule has 0 amide bonds. The summed E-state index contributed by atoms with van der Waals surface area (Å²) in [6.45, 7) is 12.6. The molecule has 68 valence electrons. The molecule has 0 heteroatoms. The number of hydrogen-bond donors (Lipinski definition) is 0. The summed E-state index contributed by atoms with van der Waals surface area (Å²) in [6, 6.07) is 0. The maximum atomic E-state index is 3.00. The van der Waals surface area contributed by atoms with Crippen molar-refractivity contribution >= 4 is 0 Å². The normalized spacial score (nSPS) is 15.9. The molecule has 0 aliphatic heterocycles. The van der Waals surface area contributed by atoms with Gasteiger partial charge in [-0.05, 0) is 5.92 Å². The molecule has 1 aliphatic carbocycles. The van der Waals surface area contributed by atoms with Gasteiger partial charge in [-0.1, -0.05) is 52.9 Å². The summed E-state index contributed by atoms with van der Waals surface area (Å²) in [6.07, 6.45) is 7.20. The van der Waals surface area contributed by atoms with Crippen LogP contribution in [-0.4, -0.2) is 0 Å². The third-order valence-electron chi connectivity index (χ3n) is 1.64. The van der Waals surface area contributed by atoms with Gasteiger partial charge >= 0.3 is 0 Å². The van der Waals surface area contributed by atoms with Crippen LogP contribution >= 0.6 is 0 Å². The van der Waals surface area contributed by atoms with E-state index < -0.39 is 0 Å². The molecule has 0 aromatic rings. The van der Waals surface area contributed by atoms with Gasteiger partial charge in [0.15, 0.2) is 0 Å². The summed E-state index contributed by atoms with van der Waals surface area (Å²) in [5, 5.41) is 0. The Labute approximate surface area is 72.7 Å². The van der Waals surface area contributed by atoms with Gasteiger partial charge in [0.25, 0.3) is 0 Å². The molecule has 0 heterocycles. The van der Waals surface area contributed by atoms with Crippen LogP contribution in [-0.2, 0) is 0 Å². The second-order valence-corrected chi connectivity index (χ2v) is 3.10. The van der Waals surface area contributed by atoms with Gasteiger partial charge in [-0.15, -0.1) is 13.2 Å². The molecule has 0 unspecified atom stereocenters. The van der Waals surface area contributed by atoms with Crippen molar-refractivity contribution in [1.82, 2.24) is 0 Å². The maximum absolute atomic E-state index is 3.00. The zero-order valence-electron chi connectivity index (χ0n) is 8.53. The van der Waals surface area contributed by atoms with Crippen LogP contribution in [0.1, 0.15) is 52.9 Å². The average molecular weight is 156 g/mol. The summed E-state index contributed by atoms with van der Waals surface area (Å²) in [5.74, 6) is 1.05. The number of rotatable bonds is 0. The SMILES string of the molecule is C=C.CC1CCCC1.CCC. The molecule has 1 aliphatic rings. The van der Waals surface area contributed by atoms with Crippen LogP contribution in [0.15, 0.2) is 13.2 Å². The fraction of sp³-hybridized carbons (Fsp3) is 0.818. The largest absolute Gasteiger partial charge is 0.106 e. The van der Waals surface area contributed by atoms with E-state index in [9.17, 15) is 0 Å². The molecule has 0 aromatic carbocycles. The molecule has 0 aromatic heterocycles. The van der Waals surface area contributed by atoms with Gasteiger partial charge in [0.2, 0.25) is 0 Å². The van der Waals surface area contributed by atoms with Crippen LogP contribution in [0, 0.1) is 5.92 Å². The monoisotopic (exact) mass is 156 g/mol. The predicted octanol–water partition coefficient (Wildman–Crippen LogP) is 4.42. The quantitative estimate of drug-likeness (QED) is 0.456. The third-order valence-corrected chi connectivity index (χ3v) is 1.64. The Morgan fingerprint density at radius 1 is 1.09 bits per heavy atom. The Bertz CT molecular complexity index is 51.1. The second kappa shape index (κ2) is 12.4. The van der Waals surface area contributed by atoms with Gasteiger partial charge in [0.05, 0.1) is 0 Å². The van der Waals surface area contributed by atoms with Gasteiger partial charge in [0.1, 0.15) is 0 Å². The van der Waals surface area contributed by atoms with E-state index in [-0.39, 0.29) is 0 Å².